The van der Waals surface area contributed by atoms with E-state index in [1.54, 1.807) is 11.3 Å². The van der Waals surface area contributed by atoms with Gasteiger partial charge in [-0.15, -0.1) is 11.3 Å². The minimum Gasteiger partial charge on any atom is -0.510 e. The van der Waals surface area contributed by atoms with Crippen LogP contribution in [-0.4, -0.2) is 21.8 Å². The SMILES string of the molecule is C=C(O)[C@@H](OCC)c1c(C)nc2sc3c(c2c1-c1ccccc1CO)CCCC3. The Balaban J connectivity index is 2.14. The number of aromatic nitrogens is 1. The molecule has 0 fully saturated rings. The van der Waals surface area contributed by atoms with Crippen LogP contribution >= 0.6 is 11.3 Å². The van der Waals surface area contributed by atoms with Gasteiger partial charge in [0.05, 0.1) is 6.61 Å². The number of nitrogens with zero attached hydrogens (tertiary/aromatic N) is 1. The van der Waals surface area contributed by atoms with Crippen molar-refractivity contribution in [3.8, 4) is 11.1 Å². The highest BCUT2D eigenvalue weighted by molar-refractivity contribution is 7.19. The lowest BCUT2D eigenvalue weighted by Gasteiger charge is -2.24. The lowest BCUT2D eigenvalue weighted by atomic mass is 9.86. The van der Waals surface area contributed by atoms with Gasteiger partial charge >= 0.3 is 0 Å². The molecule has 2 heterocycles. The number of benzene rings is 1. The van der Waals surface area contributed by atoms with Crippen molar-refractivity contribution >= 4 is 21.6 Å². The van der Waals surface area contributed by atoms with Crippen LogP contribution in [0.5, 0.6) is 0 Å². The Kier molecular flexibility index (Phi) is 5.72. The summed E-state index contributed by atoms with van der Waals surface area (Å²) in [5.74, 6) is -0.0251. The lowest BCUT2D eigenvalue weighted by molar-refractivity contribution is 0.0579. The molecule has 1 atom stereocenters. The van der Waals surface area contributed by atoms with Gasteiger partial charge in [0.15, 0.2) is 0 Å². The van der Waals surface area contributed by atoms with Gasteiger partial charge in [0.25, 0.3) is 0 Å². The molecule has 29 heavy (non-hydrogen) atoms. The maximum Gasteiger partial charge on any atom is 0.141 e. The number of rotatable bonds is 6. The molecule has 0 saturated carbocycles. The Morgan fingerprint density at radius 1 is 1.28 bits per heavy atom. The zero-order valence-corrected chi connectivity index (χ0v) is 17.8. The molecule has 0 radical (unpaired) electrons. The largest absolute Gasteiger partial charge is 0.510 e. The fourth-order valence-corrected chi connectivity index (χ4v) is 5.75. The topological polar surface area (TPSA) is 62.6 Å². The van der Waals surface area contributed by atoms with Crippen molar-refractivity contribution in [3.63, 3.8) is 0 Å². The Hall–Kier alpha value is -2.21. The first-order chi connectivity index (χ1) is 14.1. The first-order valence-corrected chi connectivity index (χ1v) is 11.0. The van der Waals surface area contributed by atoms with Crippen molar-refractivity contribution < 1.29 is 14.9 Å². The molecule has 3 aromatic rings. The van der Waals surface area contributed by atoms with E-state index in [0.29, 0.717) is 6.61 Å². The van der Waals surface area contributed by atoms with Crippen LogP contribution in [0.3, 0.4) is 0 Å². The molecule has 152 valence electrons. The van der Waals surface area contributed by atoms with Gasteiger partial charge in [-0.25, -0.2) is 4.98 Å². The summed E-state index contributed by atoms with van der Waals surface area (Å²) < 4.78 is 5.93. The normalized spacial score (nSPS) is 14.7. The van der Waals surface area contributed by atoms with Gasteiger partial charge in [-0.3, -0.25) is 0 Å². The second kappa shape index (κ2) is 8.27. The summed E-state index contributed by atoms with van der Waals surface area (Å²) in [4.78, 5) is 7.37. The molecular formula is C24H27NO3S. The van der Waals surface area contributed by atoms with E-state index in [-0.39, 0.29) is 12.4 Å². The van der Waals surface area contributed by atoms with Gasteiger partial charge in [-0.2, -0.15) is 0 Å². The summed E-state index contributed by atoms with van der Waals surface area (Å²) in [6.45, 7) is 8.05. The van der Waals surface area contributed by atoms with Gasteiger partial charge in [-0.1, -0.05) is 30.8 Å². The number of aryl methyl sites for hydroxylation is 3. The van der Waals surface area contributed by atoms with Crippen LogP contribution in [0.1, 0.15) is 53.1 Å². The first-order valence-electron chi connectivity index (χ1n) is 10.2. The molecule has 1 aromatic carbocycles. The Labute approximate surface area is 175 Å². The van der Waals surface area contributed by atoms with Crippen LogP contribution in [0.25, 0.3) is 21.3 Å². The van der Waals surface area contributed by atoms with Gasteiger partial charge < -0.3 is 14.9 Å². The van der Waals surface area contributed by atoms with E-state index >= 15 is 0 Å². The quantitative estimate of drug-likeness (QED) is 0.506. The van der Waals surface area contributed by atoms with Crippen LogP contribution in [0, 0.1) is 6.92 Å². The van der Waals surface area contributed by atoms with Crippen molar-refractivity contribution in [3.05, 3.63) is 63.9 Å². The zero-order chi connectivity index (χ0) is 20.5. The summed E-state index contributed by atoms with van der Waals surface area (Å²) in [6.07, 6.45) is 3.85. The van der Waals surface area contributed by atoms with Crippen LogP contribution in [0.15, 0.2) is 36.6 Å². The maximum absolute atomic E-state index is 10.4. The zero-order valence-electron chi connectivity index (χ0n) is 17.0. The van der Waals surface area contributed by atoms with Gasteiger partial charge in [-0.05, 0) is 56.2 Å². The van der Waals surface area contributed by atoms with E-state index in [9.17, 15) is 10.2 Å². The minimum atomic E-state index is -0.655. The predicted octanol–water partition coefficient (Wildman–Crippen LogP) is 5.79. The monoisotopic (exact) mass is 409 g/mol. The van der Waals surface area contributed by atoms with E-state index in [0.717, 1.165) is 51.0 Å². The highest BCUT2D eigenvalue weighted by Gasteiger charge is 2.29. The summed E-state index contributed by atoms with van der Waals surface area (Å²) in [5.41, 5.74) is 5.89. The first kappa shape index (κ1) is 20.1. The van der Waals surface area contributed by atoms with E-state index in [4.69, 9.17) is 9.72 Å². The number of aliphatic hydroxyl groups excluding tert-OH is 2. The lowest BCUT2D eigenvalue weighted by Crippen LogP contribution is -2.12. The van der Waals surface area contributed by atoms with E-state index in [1.807, 2.05) is 38.1 Å². The summed E-state index contributed by atoms with van der Waals surface area (Å²) >= 11 is 1.78. The number of thiophene rings is 1. The smallest absolute Gasteiger partial charge is 0.141 e. The van der Waals surface area contributed by atoms with E-state index in [1.165, 1.54) is 23.3 Å². The van der Waals surface area contributed by atoms with Gasteiger partial charge in [0.1, 0.15) is 16.7 Å². The summed E-state index contributed by atoms with van der Waals surface area (Å²) in [5, 5.41) is 21.6. The molecule has 0 bridgehead atoms. The minimum absolute atomic E-state index is 0.0251. The molecule has 2 N–H and O–H groups in total. The number of aliphatic hydroxyl groups is 2. The average molecular weight is 410 g/mol. The molecule has 4 nitrogen and oxygen atoms in total. The highest BCUT2D eigenvalue weighted by Crippen LogP contribution is 2.46. The average Bonchev–Trinajstić information content (AvgIpc) is 3.09. The molecule has 5 heteroatoms. The fourth-order valence-electron chi connectivity index (χ4n) is 4.43. The fraction of sp³-hybridized carbons (Fsp3) is 0.375. The van der Waals surface area contributed by atoms with Crippen molar-refractivity contribution in [2.75, 3.05) is 6.61 Å². The van der Waals surface area contributed by atoms with Crippen molar-refractivity contribution in [2.24, 2.45) is 0 Å². The molecule has 1 aliphatic rings. The van der Waals surface area contributed by atoms with E-state index < -0.39 is 6.10 Å². The van der Waals surface area contributed by atoms with Crippen LogP contribution < -0.4 is 0 Å². The molecule has 4 rings (SSSR count). The van der Waals surface area contributed by atoms with E-state index in [2.05, 4.69) is 6.58 Å². The third-order valence-electron chi connectivity index (χ3n) is 5.69. The second-order valence-corrected chi connectivity index (χ2v) is 8.60. The Bertz CT molecular complexity index is 1070. The molecule has 0 unspecified atom stereocenters. The standard InChI is InChI=1S/C24H27NO3S/c1-4-28-23(15(3)27)20-14(2)25-24-22(18-11-7-8-12-19(18)29-24)21(20)17-10-6-5-9-16(17)13-26/h5-6,9-10,23,26-27H,3-4,7-8,11-13H2,1-2H3/t23-/m1/s1. The third kappa shape index (κ3) is 3.48. The Morgan fingerprint density at radius 3 is 2.76 bits per heavy atom. The summed E-state index contributed by atoms with van der Waals surface area (Å²) in [6, 6.07) is 7.92. The molecule has 0 amide bonds. The molecule has 0 aliphatic heterocycles. The predicted molar refractivity (Wildman–Crippen MR) is 118 cm³/mol. The van der Waals surface area contributed by atoms with Crippen LogP contribution in [-0.2, 0) is 24.2 Å². The summed E-state index contributed by atoms with van der Waals surface area (Å²) in [7, 11) is 0. The molecular weight excluding hydrogens is 382 g/mol. The third-order valence-corrected chi connectivity index (χ3v) is 6.87. The molecule has 1 aliphatic carbocycles. The number of fused-ring (bicyclic) bond motifs is 3. The van der Waals surface area contributed by atoms with Crippen molar-refractivity contribution in [1.82, 2.24) is 4.98 Å². The van der Waals surface area contributed by atoms with Crippen LogP contribution in [0.2, 0.25) is 0 Å². The van der Waals surface area contributed by atoms with Crippen molar-refractivity contribution in [1.29, 1.82) is 0 Å². The number of hydrogen-bond donors (Lipinski definition) is 2. The Morgan fingerprint density at radius 2 is 2.03 bits per heavy atom. The second-order valence-electron chi connectivity index (χ2n) is 7.52. The van der Waals surface area contributed by atoms with Gasteiger partial charge in [0, 0.05) is 33.7 Å². The number of ether oxygens (including phenoxy) is 1. The van der Waals surface area contributed by atoms with Crippen molar-refractivity contribution in [2.45, 2.75) is 52.2 Å². The van der Waals surface area contributed by atoms with Crippen LogP contribution in [0.4, 0.5) is 0 Å². The molecule has 0 spiro atoms. The number of hydrogen-bond acceptors (Lipinski definition) is 5. The molecule has 2 aromatic heterocycles. The maximum atomic E-state index is 10.4. The van der Waals surface area contributed by atoms with Gasteiger partial charge in [0.2, 0.25) is 0 Å². The molecule has 0 saturated heterocycles. The number of pyridine rings is 1. The highest BCUT2D eigenvalue weighted by atomic mass is 32.1.